The summed E-state index contributed by atoms with van der Waals surface area (Å²) in [5.41, 5.74) is 2.93. The van der Waals surface area contributed by atoms with Gasteiger partial charge in [0.05, 0.1) is 6.61 Å². The van der Waals surface area contributed by atoms with Crippen LogP contribution >= 0.6 is 11.6 Å². The SMILES string of the molecule is CCOc1ccc(-c2ccc3c(F)c(CCc4cc(F)c(Cl)c(F)c4)ccc3c2)cc1. The van der Waals surface area contributed by atoms with Crippen LogP contribution in [0.15, 0.2) is 66.7 Å². The number of fused-ring (bicyclic) bond motifs is 1. The van der Waals surface area contributed by atoms with Gasteiger partial charge in [0.15, 0.2) is 0 Å². The molecule has 0 aliphatic rings. The van der Waals surface area contributed by atoms with Crippen LogP contribution in [0, 0.1) is 17.5 Å². The van der Waals surface area contributed by atoms with Crippen molar-refractivity contribution in [1.82, 2.24) is 0 Å². The summed E-state index contributed by atoms with van der Waals surface area (Å²) in [6, 6.07) is 19.3. The monoisotopic (exact) mass is 440 g/mol. The first-order chi connectivity index (χ1) is 15.0. The number of hydrogen-bond donors (Lipinski definition) is 0. The fourth-order valence-electron chi connectivity index (χ4n) is 3.65. The Labute approximate surface area is 184 Å². The molecule has 4 rings (SSSR count). The summed E-state index contributed by atoms with van der Waals surface area (Å²) in [7, 11) is 0. The maximum Gasteiger partial charge on any atom is 0.145 e. The van der Waals surface area contributed by atoms with Gasteiger partial charge in [-0.05, 0) is 77.7 Å². The minimum absolute atomic E-state index is 0.303. The highest BCUT2D eigenvalue weighted by Gasteiger charge is 2.12. The summed E-state index contributed by atoms with van der Waals surface area (Å²) >= 11 is 5.52. The first kappa shape index (κ1) is 21.3. The number of ether oxygens (including phenoxy) is 1. The number of hydrogen-bond acceptors (Lipinski definition) is 1. The van der Waals surface area contributed by atoms with Gasteiger partial charge in [0, 0.05) is 5.39 Å². The van der Waals surface area contributed by atoms with E-state index in [1.165, 1.54) is 12.1 Å². The maximum atomic E-state index is 15.1. The summed E-state index contributed by atoms with van der Waals surface area (Å²) in [5.74, 6) is -1.12. The number of benzene rings is 4. The Kier molecular flexibility index (Phi) is 6.19. The standard InChI is InChI=1S/C26H20ClF3O/c1-2-31-21-10-7-17(8-11-21)19-9-12-22-20(15-19)6-5-18(26(22)30)4-3-16-13-23(28)25(27)24(29)14-16/h5-15H,2-4H2,1H3. The Morgan fingerprint density at radius 2 is 1.45 bits per heavy atom. The lowest BCUT2D eigenvalue weighted by atomic mass is 9.97. The van der Waals surface area contributed by atoms with Crippen molar-refractivity contribution in [2.24, 2.45) is 0 Å². The lowest BCUT2D eigenvalue weighted by Gasteiger charge is -2.10. The van der Waals surface area contributed by atoms with E-state index in [1.54, 1.807) is 12.1 Å². The molecule has 0 fully saturated rings. The number of rotatable bonds is 6. The predicted octanol–water partition coefficient (Wildman–Crippen LogP) is 7.76. The van der Waals surface area contributed by atoms with Crippen LogP contribution in [0.1, 0.15) is 18.1 Å². The minimum Gasteiger partial charge on any atom is -0.494 e. The summed E-state index contributed by atoms with van der Waals surface area (Å²) in [4.78, 5) is 0. The van der Waals surface area contributed by atoms with Gasteiger partial charge < -0.3 is 4.74 Å². The van der Waals surface area contributed by atoms with Gasteiger partial charge >= 0.3 is 0 Å². The summed E-state index contributed by atoms with van der Waals surface area (Å²) in [6.07, 6.45) is 0.626. The van der Waals surface area contributed by atoms with Gasteiger partial charge in [-0.25, -0.2) is 13.2 Å². The van der Waals surface area contributed by atoms with E-state index in [4.69, 9.17) is 16.3 Å². The van der Waals surface area contributed by atoms with Crippen LogP contribution in [0.25, 0.3) is 21.9 Å². The molecule has 158 valence electrons. The van der Waals surface area contributed by atoms with E-state index in [0.717, 1.165) is 22.3 Å². The third kappa shape index (κ3) is 4.54. The van der Waals surface area contributed by atoms with Gasteiger partial charge in [0.2, 0.25) is 0 Å². The Balaban J connectivity index is 1.57. The van der Waals surface area contributed by atoms with E-state index in [0.29, 0.717) is 36.0 Å². The molecule has 31 heavy (non-hydrogen) atoms. The highest BCUT2D eigenvalue weighted by molar-refractivity contribution is 6.30. The average Bonchev–Trinajstić information content (AvgIpc) is 2.77. The molecule has 0 N–H and O–H groups in total. The second-order valence-corrected chi connectivity index (χ2v) is 7.68. The molecule has 0 aromatic heterocycles. The lowest BCUT2D eigenvalue weighted by molar-refractivity contribution is 0.340. The Morgan fingerprint density at radius 3 is 2.13 bits per heavy atom. The smallest absolute Gasteiger partial charge is 0.145 e. The van der Waals surface area contributed by atoms with Crippen LogP contribution in [0.5, 0.6) is 5.75 Å². The first-order valence-electron chi connectivity index (χ1n) is 10.0. The molecule has 0 aliphatic carbocycles. The summed E-state index contributed by atoms with van der Waals surface area (Å²) in [5, 5.41) is 0.779. The predicted molar refractivity (Wildman–Crippen MR) is 119 cm³/mol. The van der Waals surface area contributed by atoms with E-state index in [9.17, 15) is 8.78 Å². The van der Waals surface area contributed by atoms with Gasteiger partial charge in [-0.1, -0.05) is 48.0 Å². The van der Waals surface area contributed by atoms with Crippen molar-refractivity contribution >= 4 is 22.4 Å². The van der Waals surface area contributed by atoms with Gasteiger partial charge in [0.25, 0.3) is 0 Å². The molecule has 0 radical (unpaired) electrons. The first-order valence-corrected chi connectivity index (χ1v) is 10.4. The summed E-state index contributed by atoms with van der Waals surface area (Å²) in [6.45, 7) is 2.55. The zero-order valence-corrected chi connectivity index (χ0v) is 17.6. The topological polar surface area (TPSA) is 9.23 Å². The molecule has 4 aromatic rings. The van der Waals surface area contributed by atoms with Crippen molar-refractivity contribution < 1.29 is 17.9 Å². The average molecular weight is 441 g/mol. The largest absolute Gasteiger partial charge is 0.494 e. The molecule has 1 nitrogen and oxygen atoms in total. The van der Waals surface area contributed by atoms with Crippen LogP contribution in [0.3, 0.4) is 0 Å². The molecule has 0 spiro atoms. The molecule has 0 unspecified atom stereocenters. The normalized spacial score (nSPS) is 11.1. The van der Waals surface area contributed by atoms with E-state index < -0.39 is 16.7 Å². The molecule has 0 heterocycles. The third-order valence-electron chi connectivity index (χ3n) is 5.26. The van der Waals surface area contributed by atoms with Gasteiger partial charge in [-0.15, -0.1) is 0 Å². The summed E-state index contributed by atoms with van der Waals surface area (Å²) < 4.78 is 47.8. The molecular formula is C26H20ClF3O. The van der Waals surface area contributed by atoms with E-state index in [2.05, 4.69) is 0 Å². The number of aryl methyl sites for hydroxylation is 2. The Hall–Kier alpha value is -2.98. The molecule has 0 saturated carbocycles. The second-order valence-electron chi connectivity index (χ2n) is 7.31. The number of halogens is 4. The van der Waals surface area contributed by atoms with Crippen LogP contribution in [0.4, 0.5) is 13.2 Å². The highest BCUT2D eigenvalue weighted by Crippen LogP contribution is 2.29. The van der Waals surface area contributed by atoms with Crippen molar-refractivity contribution in [3.63, 3.8) is 0 Å². The molecular weight excluding hydrogens is 421 g/mol. The molecule has 0 amide bonds. The van der Waals surface area contributed by atoms with Crippen molar-refractivity contribution in [1.29, 1.82) is 0 Å². The van der Waals surface area contributed by atoms with Crippen LogP contribution in [0.2, 0.25) is 5.02 Å². The van der Waals surface area contributed by atoms with E-state index >= 15 is 4.39 Å². The second kappa shape index (κ2) is 9.03. The molecule has 0 aliphatic heterocycles. The highest BCUT2D eigenvalue weighted by atomic mass is 35.5. The zero-order valence-electron chi connectivity index (χ0n) is 16.9. The molecule has 5 heteroatoms. The fraction of sp³-hybridized carbons (Fsp3) is 0.154. The van der Waals surface area contributed by atoms with Crippen molar-refractivity contribution in [2.75, 3.05) is 6.61 Å². The van der Waals surface area contributed by atoms with Crippen molar-refractivity contribution in [3.05, 3.63) is 100 Å². The molecule has 0 bridgehead atoms. The van der Waals surface area contributed by atoms with Gasteiger partial charge in [0.1, 0.15) is 28.2 Å². The lowest BCUT2D eigenvalue weighted by Crippen LogP contribution is -1.98. The molecule has 0 saturated heterocycles. The van der Waals surface area contributed by atoms with Gasteiger partial charge in [-0.2, -0.15) is 0 Å². The van der Waals surface area contributed by atoms with Crippen LogP contribution < -0.4 is 4.74 Å². The third-order valence-corrected chi connectivity index (χ3v) is 5.62. The van der Waals surface area contributed by atoms with E-state index in [-0.39, 0.29) is 5.82 Å². The van der Waals surface area contributed by atoms with Crippen molar-refractivity contribution in [2.45, 2.75) is 19.8 Å². The fourth-order valence-corrected chi connectivity index (χ4v) is 3.76. The minimum atomic E-state index is -0.808. The molecule has 4 aromatic carbocycles. The Morgan fingerprint density at radius 1 is 0.774 bits per heavy atom. The quantitative estimate of drug-likeness (QED) is 0.278. The molecule has 0 atom stereocenters. The zero-order chi connectivity index (χ0) is 22.0. The maximum absolute atomic E-state index is 15.1. The van der Waals surface area contributed by atoms with Crippen LogP contribution in [-0.2, 0) is 12.8 Å². The van der Waals surface area contributed by atoms with Crippen LogP contribution in [-0.4, -0.2) is 6.61 Å². The van der Waals surface area contributed by atoms with Crippen molar-refractivity contribution in [3.8, 4) is 16.9 Å². The van der Waals surface area contributed by atoms with Gasteiger partial charge in [-0.3, -0.25) is 0 Å². The van der Waals surface area contributed by atoms with E-state index in [1.807, 2.05) is 49.4 Å². The Bertz CT molecular complexity index is 1210.